The van der Waals surface area contributed by atoms with E-state index in [9.17, 15) is 9.59 Å². The van der Waals surface area contributed by atoms with Crippen molar-refractivity contribution in [3.8, 4) is 0 Å². The molecule has 0 unspecified atom stereocenters. The van der Waals surface area contributed by atoms with Crippen LogP contribution in [0, 0.1) is 0 Å². The molecule has 2 rings (SSSR count). The first kappa shape index (κ1) is 8.29. The normalized spacial score (nSPS) is 22.3. The summed E-state index contributed by atoms with van der Waals surface area (Å²) >= 11 is 0. The molecule has 1 saturated heterocycles. The molecular formula is C9H12N2O2. The van der Waals surface area contributed by atoms with Gasteiger partial charge in [0.2, 0.25) is 11.8 Å². The third-order valence-corrected chi connectivity index (χ3v) is 2.44. The van der Waals surface area contributed by atoms with Gasteiger partial charge in [0.15, 0.2) is 0 Å². The van der Waals surface area contributed by atoms with Crippen molar-refractivity contribution in [2.24, 2.45) is 0 Å². The van der Waals surface area contributed by atoms with E-state index in [0.29, 0.717) is 12.7 Å². The van der Waals surface area contributed by atoms with Gasteiger partial charge in [0.1, 0.15) is 6.54 Å². The Morgan fingerprint density at radius 3 is 2.77 bits per heavy atom. The summed E-state index contributed by atoms with van der Waals surface area (Å²) in [6.07, 6.45) is 3.42. The second kappa shape index (κ2) is 2.87. The number of amides is 2. The zero-order valence-corrected chi connectivity index (χ0v) is 7.40. The Morgan fingerprint density at radius 1 is 1.54 bits per heavy atom. The number of nitrogens with zero attached hydrogens (tertiary/aromatic N) is 2. The van der Waals surface area contributed by atoms with Crippen LogP contribution in [0.3, 0.4) is 0 Å². The molecule has 0 aromatic heterocycles. The van der Waals surface area contributed by atoms with Crippen LogP contribution >= 0.6 is 0 Å². The van der Waals surface area contributed by atoms with Crippen molar-refractivity contribution >= 4 is 11.8 Å². The van der Waals surface area contributed by atoms with E-state index in [0.717, 1.165) is 12.8 Å². The molecule has 0 atom stereocenters. The zero-order chi connectivity index (χ0) is 9.42. The summed E-state index contributed by atoms with van der Waals surface area (Å²) in [6.45, 7) is 4.07. The quantitative estimate of drug-likeness (QED) is 0.559. The predicted octanol–water partition coefficient (Wildman–Crippen LogP) is -0.0369. The molecule has 1 aliphatic heterocycles. The standard InChI is InChI=1S/C9H12N2O2/c1-2-8(12)10-5-9(13)11(6-10)7-3-4-7/h2,7H,1,3-6H2. The molecule has 4 nitrogen and oxygen atoms in total. The lowest BCUT2D eigenvalue weighted by Crippen LogP contribution is -2.31. The van der Waals surface area contributed by atoms with E-state index in [1.807, 2.05) is 0 Å². The van der Waals surface area contributed by atoms with Crippen molar-refractivity contribution in [2.45, 2.75) is 18.9 Å². The van der Waals surface area contributed by atoms with Gasteiger partial charge in [0, 0.05) is 6.04 Å². The SMILES string of the molecule is C=CC(=O)N1CC(=O)N(C2CC2)C1. The minimum atomic E-state index is -0.156. The topological polar surface area (TPSA) is 40.6 Å². The van der Waals surface area contributed by atoms with Crippen molar-refractivity contribution < 1.29 is 9.59 Å². The van der Waals surface area contributed by atoms with Gasteiger partial charge in [-0.15, -0.1) is 0 Å². The van der Waals surface area contributed by atoms with E-state index in [4.69, 9.17) is 0 Å². The Morgan fingerprint density at radius 2 is 2.23 bits per heavy atom. The molecule has 0 spiro atoms. The van der Waals surface area contributed by atoms with Crippen molar-refractivity contribution in [2.75, 3.05) is 13.2 Å². The summed E-state index contributed by atoms with van der Waals surface area (Å²) in [5.41, 5.74) is 0. The zero-order valence-electron chi connectivity index (χ0n) is 7.40. The lowest BCUT2D eigenvalue weighted by Gasteiger charge is -2.15. The molecule has 0 aromatic rings. The molecule has 1 heterocycles. The maximum Gasteiger partial charge on any atom is 0.247 e. The van der Waals surface area contributed by atoms with E-state index < -0.39 is 0 Å². The second-order valence-corrected chi connectivity index (χ2v) is 3.48. The Bertz CT molecular complexity index is 271. The average molecular weight is 180 g/mol. The highest BCUT2D eigenvalue weighted by Crippen LogP contribution is 2.29. The van der Waals surface area contributed by atoms with Crippen LogP contribution in [0.1, 0.15) is 12.8 Å². The Balaban J connectivity index is 2.01. The molecule has 1 aliphatic carbocycles. The fraction of sp³-hybridized carbons (Fsp3) is 0.556. The second-order valence-electron chi connectivity index (χ2n) is 3.48. The van der Waals surface area contributed by atoms with Gasteiger partial charge in [-0.1, -0.05) is 6.58 Å². The fourth-order valence-electron chi connectivity index (χ4n) is 1.55. The first-order chi connectivity index (χ1) is 6.22. The number of carbonyl (C=O) groups is 2. The molecule has 2 amide bonds. The average Bonchev–Trinajstić information content (AvgIpc) is 2.89. The van der Waals surface area contributed by atoms with Crippen LogP contribution < -0.4 is 0 Å². The molecule has 0 aromatic carbocycles. The van der Waals surface area contributed by atoms with Gasteiger partial charge in [-0.25, -0.2) is 0 Å². The Kier molecular flexibility index (Phi) is 1.83. The van der Waals surface area contributed by atoms with Crippen LogP contribution in [0.2, 0.25) is 0 Å². The predicted molar refractivity (Wildman–Crippen MR) is 46.6 cm³/mol. The van der Waals surface area contributed by atoms with Gasteiger partial charge in [0.05, 0.1) is 6.67 Å². The minimum absolute atomic E-state index is 0.0673. The molecule has 0 bridgehead atoms. The minimum Gasteiger partial charge on any atom is -0.320 e. The summed E-state index contributed by atoms with van der Waals surface area (Å²) in [6, 6.07) is 0.398. The van der Waals surface area contributed by atoms with Crippen molar-refractivity contribution in [1.29, 1.82) is 0 Å². The van der Waals surface area contributed by atoms with Gasteiger partial charge in [0.25, 0.3) is 0 Å². The van der Waals surface area contributed by atoms with Gasteiger partial charge >= 0.3 is 0 Å². The van der Waals surface area contributed by atoms with Crippen molar-refractivity contribution in [1.82, 2.24) is 9.80 Å². The van der Waals surface area contributed by atoms with Crippen LogP contribution in [0.15, 0.2) is 12.7 Å². The summed E-state index contributed by atoms with van der Waals surface area (Å²) in [4.78, 5) is 25.9. The van der Waals surface area contributed by atoms with Crippen LogP contribution in [0.25, 0.3) is 0 Å². The van der Waals surface area contributed by atoms with E-state index in [-0.39, 0.29) is 18.4 Å². The third kappa shape index (κ3) is 1.43. The Labute approximate surface area is 76.8 Å². The molecular weight excluding hydrogens is 168 g/mol. The highest BCUT2D eigenvalue weighted by molar-refractivity contribution is 5.93. The van der Waals surface area contributed by atoms with Gasteiger partial charge in [-0.05, 0) is 18.9 Å². The van der Waals surface area contributed by atoms with E-state index in [2.05, 4.69) is 6.58 Å². The summed E-state index contributed by atoms with van der Waals surface area (Å²) in [7, 11) is 0. The fourth-order valence-corrected chi connectivity index (χ4v) is 1.55. The molecule has 2 fully saturated rings. The first-order valence-electron chi connectivity index (χ1n) is 4.43. The highest BCUT2D eigenvalue weighted by Gasteiger charge is 2.39. The van der Waals surface area contributed by atoms with Crippen LogP contribution in [0.4, 0.5) is 0 Å². The van der Waals surface area contributed by atoms with Crippen molar-refractivity contribution in [3.05, 3.63) is 12.7 Å². The third-order valence-electron chi connectivity index (χ3n) is 2.44. The largest absolute Gasteiger partial charge is 0.320 e. The summed E-state index contributed by atoms with van der Waals surface area (Å²) in [5.74, 6) is -0.0887. The maximum atomic E-state index is 11.4. The van der Waals surface area contributed by atoms with E-state index in [1.165, 1.54) is 11.0 Å². The molecule has 0 radical (unpaired) electrons. The van der Waals surface area contributed by atoms with Crippen LogP contribution in [-0.2, 0) is 9.59 Å². The number of hydrogen-bond acceptors (Lipinski definition) is 2. The Hall–Kier alpha value is -1.32. The van der Waals surface area contributed by atoms with Gasteiger partial charge < -0.3 is 9.80 Å². The molecule has 1 saturated carbocycles. The highest BCUT2D eigenvalue weighted by atomic mass is 16.2. The van der Waals surface area contributed by atoms with E-state index in [1.54, 1.807) is 4.90 Å². The number of carbonyl (C=O) groups excluding carboxylic acids is 2. The number of rotatable bonds is 2. The summed E-state index contributed by atoms with van der Waals surface area (Å²) in [5, 5.41) is 0. The lowest BCUT2D eigenvalue weighted by molar-refractivity contribution is -0.128. The molecule has 4 heteroatoms. The molecule has 13 heavy (non-hydrogen) atoms. The van der Waals surface area contributed by atoms with Crippen LogP contribution in [0.5, 0.6) is 0 Å². The maximum absolute atomic E-state index is 11.4. The lowest BCUT2D eigenvalue weighted by atomic mass is 10.5. The number of hydrogen-bond donors (Lipinski definition) is 0. The van der Waals surface area contributed by atoms with Gasteiger partial charge in [-0.2, -0.15) is 0 Å². The smallest absolute Gasteiger partial charge is 0.247 e. The summed E-state index contributed by atoms with van der Waals surface area (Å²) < 4.78 is 0. The van der Waals surface area contributed by atoms with Crippen LogP contribution in [-0.4, -0.2) is 40.9 Å². The first-order valence-corrected chi connectivity index (χ1v) is 4.43. The monoisotopic (exact) mass is 180 g/mol. The molecule has 2 aliphatic rings. The van der Waals surface area contributed by atoms with Gasteiger partial charge in [-0.3, -0.25) is 9.59 Å². The molecule has 0 N–H and O–H groups in total. The van der Waals surface area contributed by atoms with E-state index >= 15 is 0 Å². The van der Waals surface area contributed by atoms with Crippen molar-refractivity contribution in [3.63, 3.8) is 0 Å². The molecule has 70 valence electrons.